The maximum absolute atomic E-state index is 12.7. The number of amidine groups is 1. The van der Waals surface area contributed by atoms with Crippen molar-refractivity contribution in [3.8, 4) is 0 Å². The largest absolute Gasteiger partial charge is 0.278 e. The molecule has 0 aromatic heterocycles. The van der Waals surface area contributed by atoms with E-state index >= 15 is 0 Å². The molecule has 28 heavy (non-hydrogen) atoms. The van der Waals surface area contributed by atoms with Gasteiger partial charge in [0.2, 0.25) is 0 Å². The number of aliphatic imine (C=N–C) groups is 2. The molecular weight excluding hydrogens is 344 g/mol. The van der Waals surface area contributed by atoms with E-state index in [9.17, 15) is 4.79 Å². The Morgan fingerprint density at radius 1 is 0.607 bits per heavy atom. The molecule has 3 aromatic rings. The van der Waals surface area contributed by atoms with Crippen molar-refractivity contribution in [1.82, 2.24) is 0 Å². The van der Waals surface area contributed by atoms with E-state index in [-0.39, 0.29) is 11.3 Å². The predicted octanol–water partition coefficient (Wildman–Crippen LogP) is 5.81. The van der Waals surface area contributed by atoms with Gasteiger partial charge in [-0.3, -0.25) is 4.79 Å². The highest BCUT2D eigenvalue weighted by Crippen LogP contribution is 2.21. The van der Waals surface area contributed by atoms with Gasteiger partial charge >= 0.3 is 0 Å². The van der Waals surface area contributed by atoms with Crippen molar-refractivity contribution >= 4 is 17.5 Å². The maximum Gasteiger partial charge on any atom is 0.278 e. The van der Waals surface area contributed by atoms with Crippen molar-refractivity contribution < 1.29 is 4.79 Å². The van der Waals surface area contributed by atoms with Crippen LogP contribution in [0.4, 0.5) is 0 Å². The fourth-order valence-corrected chi connectivity index (χ4v) is 2.70. The zero-order valence-corrected chi connectivity index (χ0v) is 16.5. The van der Waals surface area contributed by atoms with Crippen molar-refractivity contribution in [3.63, 3.8) is 0 Å². The van der Waals surface area contributed by atoms with Crippen molar-refractivity contribution in [1.29, 1.82) is 0 Å². The highest BCUT2D eigenvalue weighted by Gasteiger charge is 2.22. The minimum absolute atomic E-state index is 0.283. The third kappa shape index (κ3) is 4.89. The number of carbonyl (C=O) groups excluding carboxylic acids is 1. The topological polar surface area (TPSA) is 41.8 Å². The minimum atomic E-state index is -0.390. The first-order valence-corrected chi connectivity index (χ1v) is 9.33. The van der Waals surface area contributed by atoms with Gasteiger partial charge in [0.1, 0.15) is 5.84 Å². The Morgan fingerprint density at radius 2 is 1.00 bits per heavy atom. The fraction of sp³-hybridized carbons (Fsp3) is 0.160. The van der Waals surface area contributed by atoms with E-state index < -0.39 is 0 Å². The lowest BCUT2D eigenvalue weighted by Gasteiger charge is -2.19. The van der Waals surface area contributed by atoms with Crippen LogP contribution < -0.4 is 0 Å². The van der Waals surface area contributed by atoms with Gasteiger partial charge < -0.3 is 0 Å². The number of rotatable bonds is 3. The Bertz CT molecular complexity index is 941. The molecule has 3 rings (SSSR count). The van der Waals surface area contributed by atoms with Crippen molar-refractivity contribution in [2.24, 2.45) is 15.4 Å². The average Bonchev–Trinajstić information content (AvgIpc) is 2.72. The highest BCUT2D eigenvalue weighted by atomic mass is 16.1. The van der Waals surface area contributed by atoms with Crippen LogP contribution in [0.2, 0.25) is 0 Å². The quantitative estimate of drug-likeness (QED) is 0.425. The van der Waals surface area contributed by atoms with Gasteiger partial charge in [0.05, 0.1) is 5.71 Å². The van der Waals surface area contributed by atoms with Crippen LogP contribution in [0.3, 0.4) is 0 Å². The molecule has 0 saturated carbocycles. The fourth-order valence-electron chi connectivity index (χ4n) is 2.70. The molecule has 0 N–H and O–H groups in total. The smallest absolute Gasteiger partial charge is 0.267 e. The zero-order valence-electron chi connectivity index (χ0n) is 16.5. The van der Waals surface area contributed by atoms with E-state index in [4.69, 9.17) is 4.99 Å². The summed E-state index contributed by atoms with van der Waals surface area (Å²) in [6.07, 6.45) is 0. The molecule has 0 spiro atoms. The summed E-state index contributed by atoms with van der Waals surface area (Å²) in [5.41, 5.74) is 2.94. The Labute approximate surface area is 166 Å². The van der Waals surface area contributed by atoms with Gasteiger partial charge in [0.25, 0.3) is 5.91 Å². The Balaban J connectivity index is 2.13. The second-order valence-electron chi connectivity index (χ2n) is 7.55. The molecule has 140 valence electrons. The molecule has 0 bridgehead atoms. The van der Waals surface area contributed by atoms with Crippen LogP contribution in [0, 0.1) is 5.41 Å². The summed E-state index contributed by atoms with van der Waals surface area (Å²) >= 11 is 0. The molecule has 0 aliphatic rings. The molecule has 0 fully saturated rings. The number of hydrogen-bond acceptors (Lipinski definition) is 1. The Kier molecular flexibility index (Phi) is 5.95. The number of carbonyl (C=O) groups is 1. The highest BCUT2D eigenvalue weighted by molar-refractivity contribution is 6.19. The first kappa shape index (κ1) is 19.4. The van der Waals surface area contributed by atoms with E-state index in [2.05, 4.69) is 4.99 Å². The first-order valence-electron chi connectivity index (χ1n) is 9.33. The standard InChI is InChI=1S/C25H24N2O/c1-25(2,3)24(27-23(28)21-17-11-6-12-18-21)26-22(19-13-7-4-8-14-19)20-15-9-5-10-16-20/h4-18H,1-3H3. The van der Waals surface area contributed by atoms with Gasteiger partial charge in [-0.05, 0) is 12.1 Å². The molecule has 3 heteroatoms. The lowest BCUT2D eigenvalue weighted by Crippen LogP contribution is -2.22. The number of nitrogens with zero attached hydrogens (tertiary/aromatic N) is 2. The molecular formula is C25H24N2O. The molecule has 0 atom stereocenters. The SMILES string of the molecule is CC(C)(C)C(N=C(c1ccccc1)c1ccccc1)=NC(=O)c1ccccc1. The number of hydrogen-bond donors (Lipinski definition) is 0. The molecule has 3 aromatic carbocycles. The first-order chi connectivity index (χ1) is 13.4. The summed E-state index contributed by atoms with van der Waals surface area (Å²) in [4.78, 5) is 22.0. The summed E-state index contributed by atoms with van der Waals surface area (Å²) in [6, 6.07) is 29.0. The van der Waals surface area contributed by atoms with Crippen LogP contribution >= 0.6 is 0 Å². The van der Waals surface area contributed by atoms with Crippen LogP contribution in [0.5, 0.6) is 0 Å². The summed E-state index contributed by atoms with van der Waals surface area (Å²) in [5, 5.41) is 0. The summed E-state index contributed by atoms with van der Waals surface area (Å²) < 4.78 is 0. The van der Waals surface area contributed by atoms with Crippen LogP contribution in [0.1, 0.15) is 42.3 Å². The molecule has 3 nitrogen and oxygen atoms in total. The summed E-state index contributed by atoms with van der Waals surface area (Å²) in [5.74, 6) is 0.221. The molecule has 0 radical (unpaired) electrons. The van der Waals surface area contributed by atoms with E-state index in [0.717, 1.165) is 16.8 Å². The Hall–Kier alpha value is -3.33. The van der Waals surface area contributed by atoms with Gasteiger partial charge in [-0.25, -0.2) is 4.99 Å². The van der Waals surface area contributed by atoms with E-state index in [1.807, 2.05) is 99.6 Å². The molecule has 0 heterocycles. The monoisotopic (exact) mass is 368 g/mol. The lowest BCUT2D eigenvalue weighted by molar-refractivity contribution is 0.100. The van der Waals surface area contributed by atoms with Crippen molar-refractivity contribution in [2.75, 3.05) is 0 Å². The van der Waals surface area contributed by atoms with Gasteiger partial charge in [-0.2, -0.15) is 4.99 Å². The van der Waals surface area contributed by atoms with Crippen molar-refractivity contribution in [3.05, 3.63) is 108 Å². The lowest BCUT2D eigenvalue weighted by atomic mass is 9.94. The molecule has 1 amide bonds. The van der Waals surface area contributed by atoms with Crippen LogP contribution in [0.15, 0.2) is 101 Å². The molecule has 0 saturated heterocycles. The number of benzene rings is 3. The molecule has 0 unspecified atom stereocenters. The Morgan fingerprint density at radius 3 is 1.39 bits per heavy atom. The maximum atomic E-state index is 12.7. The van der Waals surface area contributed by atoms with Gasteiger partial charge in [-0.15, -0.1) is 0 Å². The summed E-state index contributed by atoms with van der Waals surface area (Å²) in [6.45, 7) is 6.05. The van der Waals surface area contributed by atoms with Gasteiger partial charge in [0, 0.05) is 22.1 Å². The second-order valence-corrected chi connectivity index (χ2v) is 7.55. The normalized spacial score (nSPS) is 11.8. The van der Waals surface area contributed by atoms with Crippen molar-refractivity contribution in [2.45, 2.75) is 20.8 Å². The third-order valence-corrected chi connectivity index (χ3v) is 4.21. The number of amides is 1. The van der Waals surface area contributed by atoms with Crippen LogP contribution in [-0.4, -0.2) is 17.5 Å². The third-order valence-electron chi connectivity index (χ3n) is 4.21. The molecule has 0 aliphatic heterocycles. The average molecular weight is 368 g/mol. The van der Waals surface area contributed by atoms with Gasteiger partial charge in [0.15, 0.2) is 0 Å². The van der Waals surface area contributed by atoms with Crippen LogP contribution in [-0.2, 0) is 0 Å². The van der Waals surface area contributed by atoms with E-state index in [1.165, 1.54) is 0 Å². The second kappa shape index (κ2) is 8.57. The van der Waals surface area contributed by atoms with E-state index in [0.29, 0.717) is 11.4 Å². The minimum Gasteiger partial charge on any atom is -0.267 e. The summed E-state index contributed by atoms with van der Waals surface area (Å²) in [7, 11) is 0. The molecule has 0 aliphatic carbocycles. The van der Waals surface area contributed by atoms with E-state index in [1.54, 1.807) is 12.1 Å². The van der Waals surface area contributed by atoms with Crippen LogP contribution in [0.25, 0.3) is 0 Å². The van der Waals surface area contributed by atoms with Gasteiger partial charge in [-0.1, -0.05) is 99.6 Å². The zero-order chi connectivity index (χ0) is 20.0. The predicted molar refractivity (Wildman–Crippen MR) is 116 cm³/mol.